The van der Waals surface area contributed by atoms with Gasteiger partial charge in [-0.3, -0.25) is 24.8 Å². The molecule has 11 heterocycles. The molecule has 117 heavy (non-hydrogen) atoms. The summed E-state index contributed by atoms with van der Waals surface area (Å²) in [7, 11) is 1.44. The summed E-state index contributed by atoms with van der Waals surface area (Å²) >= 11 is 8.00. The third kappa shape index (κ3) is 22.4. The highest BCUT2D eigenvalue weighted by molar-refractivity contribution is 7.10. The smallest absolute Gasteiger partial charge is 0.430 e. The maximum absolute atomic E-state index is 14.2. The number of aromatic amines is 1. The van der Waals surface area contributed by atoms with Gasteiger partial charge < -0.3 is 14.6 Å². The molecule has 1 aliphatic heterocycles. The van der Waals surface area contributed by atoms with E-state index in [0.717, 1.165) is 128 Å². The molecule has 14 aromatic rings. The monoisotopic (exact) mass is 1650 g/mol. The minimum Gasteiger partial charge on any atom is -0.542 e. The van der Waals surface area contributed by atoms with Crippen LogP contribution in [0.5, 0.6) is 5.75 Å². The van der Waals surface area contributed by atoms with Gasteiger partial charge >= 0.3 is 6.18 Å². The Bertz CT molecular complexity index is 6140. The van der Waals surface area contributed by atoms with Gasteiger partial charge in [0, 0.05) is 102 Å². The van der Waals surface area contributed by atoms with E-state index in [-0.39, 0.29) is 11.6 Å². The number of benzene rings is 4. The highest BCUT2D eigenvalue weighted by atomic mass is 32.1. The number of anilines is 1. The van der Waals surface area contributed by atoms with Gasteiger partial charge in [-0.1, -0.05) is 102 Å². The maximum Gasteiger partial charge on any atom is 0.430 e. The first-order valence-corrected chi connectivity index (χ1v) is 41.2. The largest absolute Gasteiger partial charge is 0.542 e. The topological polar surface area (TPSA) is 183 Å². The molecule has 584 valence electrons. The lowest BCUT2D eigenvalue weighted by Crippen LogP contribution is -2.82. The number of ether oxygens (including phenoxy) is 1. The van der Waals surface area contributed by atoms with Crippen molar-refractivity contribution in [3.8, 4) is 110 Å². The number of aromatic nitrogens is 10. The van der Waals surface area contributed by atoms with Gasteiger partial charge in [0.05, 0.1) is 65.9 Å². The summed E-state index contributed by atoms with van der Waals surface area (Å²) in [6.45, 7) is 16.0. The van der Waals surface area contributed by atoms with Crippen LogP contribution in [0.4, 0.5) is 27.8 Å². The van der Waals surface area contributed by atoms with Gasteiger partial charge in [0.15, 0.2) is 11.6 Å². The number of pyridine rings is 5. The van der Waals surface area contributed by atoms with Crippen LogP contribution in [0.1, 0.15) is 131 Å². The summed E-state index contributed by atoms with van der Waals surface area (Å²) in [5.41, 5.74) is 19.0. The number of carboxylic acid groups (broad SMARTS) is 1. The quantitative estimate of drug-likeness (QED) is 0.109. The Morgan fingerprint density at radius 2 is 0.889 bits per heavy atom. The van der Waals surface area contributed by atoms with Crippen LogP contribution in [0.15, 0.2) is 203 Å². The van der Waals surface area contributed by atoms with Crippen molar-refractivity contribution in [2.75, 3.05) is 12.0 Å². The summed E-state index contributed by atoms with van der Waals surface area (Å²) in [6, 6.07) is 47.8. The molecule has 4 aromatic carbocycles. The van der Waals surface area contributed by atoms with Crippen molar-refractivity contribution >= 4 is 68.5 Å². The first kappa shape index (κ1) is 83.7. The minimum absolute atomic E-state index is 0.201. The Balaban J connectivity index is 0.000000132. The summed E-state index contributed by atoms with van der Waals surface area (Å²) in [5, 5.41) is 23.7. The normalized spacial score (nSPS) is 14.1. The molecule has 1 saturated heterocycles. The molecular formula is C93H74F5N11O3S5. The number of rotatable bonds is 7. The standard InChI is InChI=1S/C19H16N2S.C18H13FN2OS.C18H13FN2S.C18H17N3S.C18H14N2S.C2HF3O2/c1-3-16-6-4-5-7-18(16)19-11-9-15(12-20-19)8-10-17-13-22-14(2)21-17;1-12-21-14(11-23-12)8-6-13-7-9-16(20-10-13)15-4-3-5-17(22-2)18(15)19;1-12-3-7-17(19)16(9-12)18-8-5-14(10-20-18)4-6-15-11-22-13(2)21-15;1-12-20-14(11-22-12)4-2-13-3-5-17(19-10-13)21-15-6-8-18(15)9-7-16(18)21;1-13-4-3-5-16(10-13)18-9-7-15(11-19-18)6-8-17-12-21-14(2)20-17;3-2(4,5)1(6)7/h4-7,9,11-13H,3H2,1-2H3;3-5,7,9-11H,1-2H3;3,5,7-11H,1-2H3;3,5,10-11,15-16H,6-9H2,1H3;3-5,7,9-12H,1-2H3;(H,6,7). The highest BCUT2D eigenvalue weighted by Gasteiger charge is 2.75. The average molecular weight is 1650 g/mol. The predicted molar refractivity (Wildman–Crippen MR) is 453 cm³/mol. The zero-order valence-corrected chi connectivity index (χ0v) is 69.0. The van der Waals surface area contributed by atoms with E-state index >= 15 is 0 Å². The molecule has 2 atom stereocenters. The van der Waals surface area contributed by atoms with Crippen LogP contribution in [-0.2, 0) is 11.2 Å². The SMILES string of the molecule is CCc1ccccc1-c1ccc(C#Cc2csc(C)n2)cn1.COc1cccc(-c2ccc(C#Cc3csc(C)n3)cn2)c1F.Cc1ccc(F)c(-c2ccc(C#Cc3csc(C)n3)cn2)c1.Cc1cccc(-c2ccc(C#Cc3csc(C)n3)cn2)c1.Cc1nc(C#Cc2ccc(N3C4CCC45CCC35)[nH+]c2)cs1.O=C([O-])C(F)(F)F. The molecule has 1 N–H and O–H groups in total. The number of nitrogens with zero attached hydrogens (tertiary/aromatic N) is 10. The molecule has 24 heteroatoms. The number of carboxylic acids is 1. The fourth-order valence-electron chi connectivity index (χ4n) is 12.8. The number of carbonyl (C=O) groups is 1. The van der Waals surface area contributed by atoms with Crippen molar-refractivity contribution in [1.82, 2.24) is 44.9 Å². The number of aryl methyl sites for hydroxylation is 8. The van der Waals surface area contributed by atoms with Crippen molar-refractivity contribution in [2.24, 2.45) is 5.41 Å². The average Bonchev–Trinajstić information content (AvgIpc) is 1.10. The molecule has 14 nitrogen and oxygen atoms in total. The predicted octanol–water partition coefficient (Wildman–Crippen LogP) is 19.2. The number of piperidine rings is 2. The molecule has 3 aliphatic rings. The molecule has 0 amide bonds. The van der Waals surface area contributed by atoms with Crippen LogP contribution in [0.2, 0.25) is 0 Å². The number of hydrogen-bond acceptors (Lipinski definition) is 18. The maximum atomic E-state index is 14.2. The van der Waals surface area contributed by atoms with Crippen molar-refractivity contribution in [1.29, 1.82) is 0 Å². The Kier molecular flexibility index (Phi) is 28.0. The molecule has 2 aliphatic carbocycles. The second-order valence-electron chi connectivity index (χ2n) is 26.9. The summed E-state index contributed by atoms with van der Waals surface area (Å²) in [6.07, 6.45) is 10.4. The van der Waals surface area contributed by atoms with Gasteiger partial charge in [-0.25, -0.2) is 38.7 Å². The number of halogens is 5. The number of thiazole rings is 5. The number of methoxy groups -OCH3 is 1. The van der Waals surface area contributed by atoms with Crippen molar-refractivity contribution in [3.63, 3.8) is 0 Å². The molecule has 2 unspecified atom stereocenters. The molecule has 2 saturated carbocycles. The van der Waals surface area contributed by atoms with E-state index in [1.807, 2.05) is 129 Å². The highest BCUT2D eigenvalue weighted by Crippen LogP contribution is 2.68. The van der Waals surface area contributed by atoms with E-state index in [9.17, 15) is 22.0 Å². The Morgan fingerprint density at radius 3 is 1.26 bits per heavy atom. The van der Waals surface area contributed by atoms with Crippen molar-refractivity contribution in [3.05, 3.63) is 313 Å². The number of alkyl halides is 3. The lowest BCUT2D eigenvalue weighted by Gasteiger charge is -2.71. The molecule has 10 aromatic heterocycles. The van der Waals surface area contributed by atoms with Gasteiger partial charge in [-0.15, -0.1) is 56.7 Å². The lowest BCUT2D eigenvalue weighted by molar-refractivity contribution is -0.370. The van der Waals surface area contributed by atoms with Gasteiger partial charge in [0.25, 0.3) is 5.82 Å². The fraction of sp³-hybridized carbons (Fsp3) is 0.194. The van der Waals surface area contributed by atoms with Gasteiger partial charge in [-0.2, -0.15) is 13.2 Å². The van der Waals surface area contributed by atoms with Crippen LogP contribution >= 0.6 is 56.7 Å². The molecule has 0 radical (unpaired) electrons. The Hall–Kier alpha value is -12.7. The van der Waals surface area contributed by atoms with Crippen LogP contribution in [0.25, 0.3) is 45.0 Å². The Labute approximate surface area is 696 Å². The first-order chi connectivity index (χ1) is 56.4. The lowest BCUT2D eigenvalue weighted by atomic mass is 9.43. The van der Waals surface area contributed by atoms with Crippen LogP contribution < -0.4 is 19.7 Å². The second-order valence-corrected chi connectivity index (χ2v) is 32.2. The van der Waals surface area contributed by atoms with E-state index in [1.165, 1.54) is 61.4 Å². The van der Waals surface area contributed by atoms with E-state index in [4.69, 9.17) is 14.6 Å². The third-order valence-electron chi connectivity index (χ3n) is 18.7. The zero-order chi connectivity index (χ0) is 82.6. The van der Waals surface area contributed by atoms with Crippen LogP contribution in [0, 0.1) is 125 Å². The van der Waals surface area contributed by atoms with E-state index in [1.54, 1.807) is 112 Å². The Morgan fingerprint density at radius 1 is 0.487 bits per heavy atom. The summed E-state index contributed by atoms with van der Waals surface area (Å²) < 4.78 is 64.6. The van der Waals surface area contributed by atoms with E-state index in [0.29, 0.717) is 22.5 Å². The molecular weight excluding hydrogens is 1570 g/mol. The molecule has 3 fully saturated rings. The van der Waals surface area contributed by atoms with Gasteiger partial charge in [0.1, 0.15) is 58.5 Å². The number of aliphatic carboxylic acids is 1. The number of hydrogen-bond donors (Lipinski definition) is 0. The first-order valence-electron chi connectivity index (χ1n) is 36.8. The number of H-pyrrole nitrogens is 1. The molecule has 17 rings (SSSR count). The third-order valence-corrected chi connectivity index (χ3v) is 22.6. The molecule has 1 spiro atoms. The van der Waals surface area contributed by atoms with Crippen molar-refractivity contribution in [2.45, 2.75) is 106 Å². The second kappa shape index (κ2) is 39.1. The van der Waals surface area contributed by atoms with Crippen LogP contribution in [-0.4, -0.2) is 76.2 Å². The minimum atomic E-state index is -5.19. The van der Waals surface area contributed by atoms with E-state index in [2.05, 4.69) is 182 Å². The summed E-state index contributed by atoms with van der Waals surface area (Å²) in [5.74, 6) is 28.4. The number of nitrogens with one attached hydrogen (secondary N) is 1. The van der Waals surface area contributed by atoms with Gasteiger partial charge in [0.2, 0.25) is 0 Å². The number of carbonyl (C=O) groups excluding carboxylic acids is 1. The molecule has 0 bridgehead atoms. The van der Waals surface area contributed by atoms with Crippen LogP contribution in [0.3, 0.4) is 0 Å². The summed E-state index contributed by atoms with van der Waals surface area (Å²) in [4.78, 5) is 54.1. The van der Waals surface area contributed by atoms with E-state index < -0.39 is 18.0 Å². The zero-order valence-electron chi connectivity index (χ0n) is 64.9. The fourth-order valence-corrected chi connectivity index (χ4v) is 15.5. The van der Waals surface area contributed by atoms with Gasteiger partial charge in [-0.05, 0) is 201 Å². The van der Waals surface area contributed by atoms with Crippen molar-refractivity contribution < 1.29 is 41.6 Å².